The molecule has 0 bridgehead atoms. The maximum Gasteiger partial charge on any atom is 0.00955 e. The summed E-state index contributed by atoms with van der Waals surface area (Å²) in [4.78, 5) is 0. The highest BCUT2D eigenvalue weighted by Crippen LogP contribution is 2.20. The van der Waals surface area contributed by atoms with Crippen molar-refractivity contribution in [3.8, 4) is 0 Å². The largest absolute Gasteiger partial charge is 0.310 e. The molecule has 1 aliphatic rings. The molecule has 0 aromatic rings. The molecule has 1 N–H and O–H groups in total. The highest BCUT2D eigenvalue weighted by Gasteiger charge is 2.08. The average molecular weight is 137 g/mol. The molecule has 0 radical (unpaired) electrons. The predicted molar refractivity (Wildman–Crippen MR) is 44.6 cm³/mol. The van der Waals surface area contributed by atoms with Gasteiger partial charge in [0.2, 0.25) is 0 Å². The first-order valence-electron chi connectivity index (χ1n) is 4.07. The second-order valence-corrected chi connectivity index (χ2v) is 2.87. The van der Waals surface area contributed by atoms with Crippen LogP contribution in [0.4, 0.5) is 0 Å². The summed E-state index contributed by atoms with van der Waals surface area (Å²) in [5, 5.41) is 7.38. The first-order valence-corrected chi connectivity index (χ1v) is 4.07. The Labute approximate surface area is 62.6 Å². The van der Waals surface area contributed by atoms with Gasteiger partial charge in [0.1, 0.15) is 0 Å². The van der Waals surface area contributed by atoms with Gasteiger partial charge in [-0.1, -0.05) is 18.6 Å². The van der Waals surface area contributed by atoms with Crippen LogP contribution in [0.25, 0.3) is 0 Å². The van der Waals surface area contributed by atoms with E-state index in [2.05, 4.69) is 13.0 Å². The van der Waals surface area contributed by atoms with Gasteiger partial charge in [0.25, 0.3) is 0 Å². The van der Waals surface area contributed by atoms with Crippen LogP contribution in [0.5, 0.6) is 0 Å². The minimum absolute atomic E-state index is 0.938. The van der Waals surface area contributed by atoms with Crippen LogP contribution in [0.1, 0.15) is 39.0 Å². The van der Waals surface area contributed by atoms with Crippen molar-refractivity contribution in [3.05, 3.63) is 11.6 Å². The molecule has 0 aromatic carbocycles. The van der Waals surface area contributed by atoms with E-state index in [9.17, 15) is 0 Å². The van der Waals surface area contributed by atoms with Crippen LogP contribution in [-0.4, -0.2) is 5.71 Å². The number of allylic oxidation sites excluding steroid dienone is 2. The van der Waals surface area contributed by atoms with E-state index in [1.54, 1.807) is 5.57 Å². The van der Waals surface area contributed by atoms with Gasteiger partial charge in [0.05, 0.1) is 0 Å². The summed E-state index contributed by atoms with van der Waals surface area (Å²) in [5.41, 5.74) is 2.51. The standard InChI is InChI=1S/C9H15N/c1-2-3-8-4-6-9(10)7-5-8/h3,10H,2,4-7H2,1H3. The van der Waals surface area contributed by atoms with Crippen LogP contribution < -0.4 is 0 Å². The van der Waals surface area contributed by atoms with Crippen molar-refractivity contribution in [2.45, 2.75) is 39.0 Å². The Bertz CT molecular complexity index is 144. The van der Waals surface area contributed by atoms with E-state index in [1.165, 1.54) is 0 Å². The van der Waals surface area contributed by atoms with Gasteiger partial charge in [-0.25, -0.2) is 0 Å². The molecule has 0 spiro atoms. The molecular formula is C9H15N. The van der Waals surface area contributed by atoms with Crippen molar-refractivity contribution in [2.24, 2.45) is 0 Å². The molecule has 1 aliphatic carbocycles. The van der Waals surface area contributed by atoms with Crippen molar-refractivity contribution >= 4 is 5.71 Å². The molecule has 10 heavy (non-hydrogen) atoms. The molecule has 0 aliphatic heterocycles. The number of hydrogen-bond donors (Lipinski definition) is 1. The van der Waals surface area contributed by atoms with Crippen LogP contribution in [0, 0.1) is 5.41 Å². The third-order valence-electron chi connectivity index (χ3n) is 1.99. The summed E-state index contributed by atoms with van der Waals surface area (Å²) < 4.78 is 0. The van der Waals surface area contributed by atoms with E-state index in [0.717, 1.165) is 37.8 Å². The maximum atomic E-state index is 7.38. The molecule has 0 aromatic heterocycles. The molecule has 56 valence electrons. The normalized spacial score (nSPS) is 19.3. The maximum absolute atomic E-state index is 7.38. The summed E-state index contributed by atoms with van der Waals surface area (Å²) in [6.45, 7) is 2.17. The number of hydrogen-bond acceptors (Lipinski definition) is 1. The topological polar surface area (TPSA) is 23.9 Å². The summed E-state index contributed by atoms with van der Waals surface area (Å²) in [6, 6.07) is 0. The van der Waals surface area contributed by atoms with Gasteiger partial charge >= 0.3 is 0 Å². The van der Waals surface area contributed by atoms with E-state index in [0.29, 0.717) is 0 Å². The second-order valence-electron chi connectivity index (χ2n) is 2.87. The summed E-state index contributed by atoms with van der Waals surface area (Å²) in [7, 11) is 0. The van der Waals surface area contributed by atoms with E-state index < -0.39 is 0 Å². The van der Waals surface area contributed by atoms with Crippen LogP contribution >= 0.6 is 0 Å². The molecule has 0 heterocycles. The Kier molecular flexibility index (Phi) is 2.67. The zero-order valence-electron chi connectivity index (χ0n) is 6.61. The predicted octanol–water partition coefficient (Wildman–Crippen LogP) is 2.92. The first-order chi connectivity index (χ1) is 4.83. The third-order valence-corrected chi connectivity index (χ3v) is 1.99. The molecule has 1 rings (SSSR count). The van der Waals surface area contributed by atoms with Gasteiger partial charge in [-0.3, -0.25) is 0 Å². The lowest BCUT2D eigenvalue weighted by atomic mass is 9.93. The summed E-state index contributed by atoms with van der Waals surface area (Å²) in [5.74, 6) is 0. The van der Waals surface area contributed by atoms with Crippen LogP contribution in [-0.2, 0) is 0 Å². The van der Waals surface area contributed by atoms with Crippen LogP contribution in [0.2, 0.25) is 0 Å². The molecule has 1 heteroatoms. The van der Waals surface area contributed by atoms with E-state index in [4.69, 9.17) is 5.41 Å². The fourth-order valence-corrected chi connectivity index (χ4v) is 1.37. The third kappa shape index (κ3) is 1.98. The fourth-order valence-electron chi connectivity index (χ4n) is 1.37. The quantitative estimate of drug-likeness (QED) is 0.537. The zero-order valence-corrected chi connectivity index (χ0v) is 6.61. The molecule has 1 saturated carbocycles. The minimum Gasteiger partial charge on any atom is -0.310 e. The lowest BCUT2D eigenvalue weighted by Gasteiger charge is -2.14. The highest BCUT2D eigenvalue weighted by molar-refractivity contribution is 5.82. The molecule has 0 saturated heterocycles. The fraction of sp³-hybridized carbons (Fsp3) is 0.667. The van der Waals surface area contributed by atoms with Gasteiger partial charge in [0, 0.05) is 5.71 Å². The smallest absolute Gasteiger partial charge is 0.00955 e. The summed E-state index contributed by atoms with van der Waals surface area (Å²) >= 11 is 0. The lowest BCUT2D eigenvalue weighted by Crippen LogP contribution is -2.04. The summed E-state index contributed by atoms with van der Waals surface area (Å²) in [6.07, 6.45) is 7.77. The SMILES string of the molecule is CCC=C1CCC(=N)CC1. The lowest BCUT2D eigenvalue weighted by molar-refractivity contribution is 0.810. The molecule has 0 unspecified atom stereocenters. The molecule has 1 nitrogen and oxygen atoms in total. The Morgan fingerprint density at radius 2 is 1.90 bits per heavy atom. The highest BCUT2D eigenvalue weighted by atomic mass is 14.4. The van der Waals surface area contributed by atoms with E-state index in [-0.39, 0.29) is 0 Å². The van der Waals surface area contributed by atoms with Gasteiger partial charge < -0.3 is 5.41 Å². The van der Waals surface area contributed by atoms with Crippen molar-refractivity contribution in [1.82, 2.24) is 0 Å². The Morgan fingerprint density at radius 1 is 1.30 bits per heavy atom. The van der Waals surface area contributed by atoms with Gasteiger partial charge in [-0.05, 0) is 32.1 Å². The van der Waals surface area contributed by atoms with E-state index in [1.807, 2.05) is 0 Å². The zero-order chi connectivity index (χ0) is 7.40. The number of rotatable bonds is 1. The first kappa shape index (κ1) is 7.52. The monoisotopic (exact) mass is 137 g/mol. The second kappa shape index (κ2) is 3.55. The Balaban J connectivity index is 2.39. The molecular weight excluding hydrogens is 122 g/mol. The van der Waals surface area contributed by atoms with Crippen LogP contribution in [0.3, 0.4) is 0 Å². The Hall–Kier alpha value is -0.590. The van der Waals surface area contributed by atoms with Gasteiger partial charge in [-0.2, -0.15) is 0 Å². The van der Waals surface area contributed by atoms with Crippen molar-refractivity contribution in [3.63, 3.8) is 0 Å². The van der Waals surface area contributed by atoms with Crippen molar-refractivity contribution in [2.75, 3.05) is 0 Å². The molecule has 1 fully saturated rings. The molecule has 0 amide bonds. The van der Waals surface area contributed by atoms with Crippen molar-refractivity contribution < 1.29 is 0 Å². The van der Waals surface area contributed by atoms with Gasteiger partial charge in [0.15, 0.2) is 0 Å². The minimum atomic E-state index is 0.938. The van der Waals surface area contributed by atoms with E-state index >= 15 is 0 Å². The van der Waals surface area contributed by atoms with Crippen molar-refractivity contribution in [1.29, 1.82) is 5.41 Å². The Morgan fingerprint density at radius 3 is 2.40 bits per heavy atom. The van der Waals surface area contributed by atoms with Gasteiger partial charge in [-0.15, -0.1) is 0 Å². The number of nitrogens with one attached hydrogen (secondary N) is 1. The van der Waals surface area contributed by atoms with Crippen LogP contribution in [0.15, 0.2) is 11.6 Å². The average Bonchev–Trinajstić information content (AvgIpc) is 1.95. The molecule has 0 atom stereocenters.